The second-order valence-electron chi connectivity index (χ2n) is 9.17. The molecule has 2 aliphatic rings. The predicted molar refractivity (Wildman–Crippen MR) is 136 cm³/mol. The maximum atomic E-state index is 13.4. The molecule has 10 heteroatoms. The minimum absolute atomic E-state index is 0.0180. The Labute approximate surface area is 212 Å². The van der Waals surface area contributed by atoms with E-state index in [1.165, 1.54) is 24.6 Å². The van der Waals surface area contributed by atoms with Crippen LogP contribution in [0, 0.1) is 5.92 Å². The molecule has 2 aromatic carbocycles. The maximum absolute atomic E-state index is 13.4. The highest BCUT2D eigenvalue weighted by atomic mass is 32.2. The Kier molecular flexibility index (Phi) is 8.15. The van der Waals surface area contributed by atoms with Gasteiger partial charge in [0.1, 0.15) is 16.4 Å². The van der Waals surface area contributed by atoms with E-state index in [4.69, 9.17) is 9.47 Å². The second kappa shape index (κ2) is 11.3. The Morgan fingerprint density at radius 3 is 2.36 bits per heavy atom. The lowest BCUT2D eigenvalue weighted by Gasteiger charge is -2.31. The number of likely N-dealkylation sites (tertiary alicyclic amines) is 1. The van der Waals surface area contributed by atoms with Crippen molar-refractivity contribution in [2.24, 2.45) is 5.92 Å². The van der Waals surface area contributed by atoms with Crippen molar-refractivity contribution in [2.45, 2.75) is 37.0 Å². The fraction of sp³-hybridized carbons (Fsp3) is 0.462. The summed E-state index contributed by atoms with van der Waals surface area (Å²) in [4.78, 5) is 27.3. The van der Waals surface area contributed by atoms with E-state index >= 15 is 0 Å². The number of benzene rings is 2. The normalized spacial score (nSPS) is 18.6. The van der Waals surface area contributed by atoms with Gasteiger partial charge in [-0.05, 0) is 55.5 Å². The average molecular weight is 516 g/mol. The summed E-state index contributed by atoms with van der Waals surface area (Å²) in [6, 6.07) is 11.9. The lowest BCUT2D eigenvalue weighted by molar-refractivity contribution is -0.129. The van der Waals surface area contributed by atoms with Gasteiger partial charge in [-0.15, -0.1) is 0 Å². The minimum atomic E-state index is -3.89. The predicted octanol–water partition coefficient (Wildman–Crippen LogP) is 2.91. The summed E-state index contributed by atoms with van der Waals surface area (Å²) in [6.45, 7) is 2.06. The van der Waals surface area contributed by atoms with Crippen LogP contribution < -0.4 is 14.8 Å². The van der Waals surface area contributed by atoms with Crippen LogP contribution in [0.1, 0.15) is 31.2 Å². The lowest BCUT2D eigenvalue weighted by Crippen LogP contribution is -2.43. The molecule has 2 aliphatic heterocycles. The fourth-order valence-corrected chi connectivity index (χ4v) is 6.40. The summed E-state index contributed by atoms with van der Waals surface area (Å²) in [7, 11) is -1.00. The van der Waals surface area contributed by atoms with Crippen LogP contribution in [0.3, 0.4) is 0 Å². The van der Waals surface area contributed by atoms with Gasteiger partial charge in [-0.3, -0.25) is 9.59 Å². The van der Waals surface area contributed by atoms with E-state index in [9.17, 15) is 18.0 Å². The van der Waals surface area contributed by atoms with E-state index < -0.39 is 15.9 Å². The van der Waals surface area contributed by atoms with Crippen molar-refractivity contribution in [1.29, 1.82) is 0 Å². The molecule has 1 N–H and O–H groups in total. The number of hydrogen-bond acceptors (Lipinski definition) is 6. The van der Waals surface area contributed by atoms with Gasteiger partial charge in [-0.1, -0.05) is 12.1 Å². The molecule has 194 valence electrons. The smallest absolute Gasteiger partial charge is 0.246 e. The third kappa shape index (κ3) is 5.82. The summed E-state index contributed by atoms with van der Waals surface area (Å²) in [5, 5.41) is 2.90. The van der Waals surface area contributed by atoms with E-state index in [0.717, 1.165) is 31.5 Å². The number of methoxy groups -OCH3 is 2. The van der Waals surface area contributed by atoms with Crippen molar-refractivity contribution >= 4 is 27.5 Å². The van der Waals surface area contributed by atoms with Crippen molar-refractivity contribution in [3.8, 4) is 11.5 Å². The van der Waals surface area contributed by atoms with E-state index in [2.05, 4.69) is 5.32 Å². The molecule has 9 nitrogen and oxygen atoms in total. The Morgan fingerprint density at radius 1 is 0.972 bits per heavy atom. The van der Waals surface area contributed by atoms with Gasteiger partial charge >= 0.3 is 0 Å². The summed E-state index contributed by atoms with van der Waals surface area (Å²) in [5.41, 5.74) is 1.51. The van der Waals surface area contributed by atoms with Crippen LogP contribution in [0.5, 0.6) is 11.5 Å². The molecule has 0 aliphatic carbocycles. The maximum Gasteiger partial charge on any atom is 0.246 e. The third-order valence-electron chi connectivity index (χ3n) is 6.78. The zero-order valence-corrected chi connectivity index (χ0v) is 21.6. The number of sulfonamides is 1. The Morgan fingerprint density at radius 2 is 1.69 bits per heavy atom. The molecule has 4 rings (SSSR count). The molecule has 0 spiro atoms. The van der Waals surface area contributed by atoms with Gasteiger partial charge < -0.3 is 19.7 Å². The Bertz CT molecular complexity index is 1190. The SMILES string of the molecule is COc1ccc(OC)c(S(=O)(=O)N2CCCC(C(=O)Nc3ccc(CC(=O)N4CCCC4)cc3)C2)c1. The fourth-order valence-electron chi connectivity index (χ4n) is 4.70. The number of hydrogen-bond donors (Lipinski definition) is 1. The number of anilines is 1. The molecule has 2 aromatic rings. The standard InChI is InChI=1S/C26H33N3O6S/c1-34-22-11-12-23(35-2)24(17-22)36(32,33)29-15-5-6-20(18-29)26(31)27-21-9-7-19(8-10-21)16-25(30)28-13-3-4-14-28/h7-12,17,20H,3-6,13-16,18H2,1-2H3,(H,27,31). The number of ether oxygens (including phenoxy) is 2. The lowest BCUT2D eigenvalue weighted by atomic mass is 9.98. The number of piperidine rings is 1. The first kappa shape index (κ1) is 26.0. The van der Waals surface area contributed by atoms with Crippen LogP contribution in [0.25, 0.3) is 0 Å². The van der Waals surface area contributed by atoms with Gasteiger partial charge in [0.05, 0.1) is 26.6 Å². The van der Waals surface area contributed by atoms with Gasteiger partial charge in [-0.2, -0.15) is 4.31 Å². The van der Waals surface area contributed by atoms with E-state index in [1.54, 1.807) is 24.3 Å². The van der Waals surface area contributed by atoms with Gasteiger partial charge in [0, 0.05) is 37.9 Å². The van der Waals surface area contributed by atoms with Crippen molar-refractivity contribution in [3.63, 3.8) is 0 Å². The molecule has 2 amide bonds. The molecular weight excluding hydrogens is 482 g/mol. The molecule has 0 saturated carbocycles. The largest absolute Gasteiger partial charge is 0.497 e. The molecular formula is C26H33N3O6S. The first-order chi connectivity index (χ1) is 17.3. The molecule has 0 bridgehead atoms. The Balaban J connectivity index is 1.39. The van der Waals surface area contributed by atoms with Crippen LogP contribution >= 0.6 is 0 Å². The first-order valence-electron chi connectivity index (χ1n) is 12.2. The minimum Gasteiger partial charge on any atom is -0.497 e. The van der Waals surface area contributed by atoms with E-state index in [-0.39, 0.29) is 29.0 Å². The van der Waals surface area contributed by atoms with Crippen molar-refractivity contribution in [3.05, 3.63) is 48.0 Å². The molecule has 36 heavy (non-hydrogen) atoms. The highest BCUT2D eigenvalue weighted by molar-refractivity contribution is 7.89. The molecule has 0 aromatic heterocycles. The van der Waals surface area contributed by atoms with E-state index in [0.29, 0.717) is 37.2 Å². The highest BCUT2D eigenvalue weighted by Crippen LogP contribution is 2.33. The zero-order chi connectivity index (χ0) is 25.7. The number of nitrogens with zero attached hydrogens (tertiary/aromatic N) is 2. The molecule has 2 saturated heterocycles. The molecule has 1 unspecified atom stereocenters. The summed E-state index contributed by atoms with van der Waals surface area (Å²) >= 11 is 0. The van der Waals surface area contributed by atoms with Gasteiger partial charge in [-0.25, -0.2) is 8.42 Å². The molecule has 2 fully saturated rings. The monoisotopic (exact) mass is 515 g/mol. The van der Waals surface area contributed by atoms with Crippen LogP contribution in [-0.2, 0) is 26.0 Å². The van der Waals surface area contributed by atoms with Crippen LogP contribution in [0.4, 0.5) is 5.69 Å². The van der Waals surface area contributed by atoms with Crippen LogP contribution in [0.15, 0.2) is 47.4 Å². The first-order valence-corrected chi connectivity index (χ1v) is 13.7. The van der Waals surface area contributed by atoms with Gasteiger partial charge in [0.25, 0.3) is 0 Å². The highest BCUT2D eigenvalue weighted by Gasteiger charge is 2.35. The molecule has 0 radical (unpaired) electrons. The second-order valence-corrected chi connectivity index (χ2v) is 11.1. The number of carbonyl (C=O) groups is 2. The quantitative estimate of drug-likeness (QED) is 0.580. The summed E-state index contributed by atoms with van der Waals surface area (Å²) in [6.07, 6.45) is 3.63. The van der Waals surface area contributed by atoms with Gasteiger partial charge in [0.2, 0.25) is 21.8 Å². The molecule has 1 atom stereocenters. The number of carbonyl (C=O) groups excluding carboxylic acids is 2. The zero-order valence-electron chi connectivity index (χ0n) is 20.7. The molecule has 2 heterocycles. The van der Waals surface area contributed by atoms with Crippen molar-refractivity contribution < 1.29 is 27.5 Å². The summed E-state index contributed by atoms with van der Waals surface area (Å²) in [5.74, 6) is 0.0485. The average Bonchev–Trinajstić information content (AvgIpc) is 3.45. The topological polar surface area (TPSA) is 105 Å². The number of amides is 2. The van der Waals surface area contributed by atoms with Crippen LogP contribution in [0.2, 0.25) is 0 Å². The van der Waals surface area contributed by atoms with E-state index in [1.807, 2.05) is 17.0 Å². The summed E-state index contributed by atoms with van der Waals surface area (Å²) < 4.78 is 38.6. The van der Waals surface area contributed by atoms with Crippen molar-refractivity contribution in [2.75, 3.05) is 45.7 Å². The van der Waals surface area contributed by atoms with Crippen molar-refractivity contribution in [1.82, 2.24) is 9.21 Å². The third-order valence-corrected chi connectivity index (χ3v) is 8.67. The Hall–Kier alpha value is -3.11. The van der Waals surface area contributed by atoms with Crippen LogP contribution in [-0.4, -0.2) is 69.8 Å². The number of rotatable bonds is 8. The number of nitrogens with one attached hydrogen (secondary N) is 1. The van der Waals surface area contributed by atoms with Gasteiger partial charge in [0.15, 0.2) is 0 Å².